The third-order valence-corrected chi connectivity index (χ3v) is 3.23. The molecule has 1 unspecified atom stereocenters. The van der Waals surface area contributed by atoms with Crippen molar-refractivity contribution in [2.24, 2.45) is 0 Å². The molecule has 1 aliphatic rings. The van der Waals surface area contributed by atoms with Gasteiger partial charge in [-0.3, -0.25) is 4.79 Å². The molecular weight excluding hydrogens is 244 g/mol. The van der Waals surface area contributed by atoms with Crippen molar-refractivity contribution in [2.45, 2.75) is 24.9 Å². The molecule has 2 rings (SSSR count). The standard InChI is InChI=1S/C14H18N2O3/c1-19-14(18)12(10-6-3-2-4-7-10)16-13(17)11-8-5-9-15-11/h2-4,6-7,11-12,15H,5,8-9H2,1H3,(H,16,17)/t11-,12?/m1/s1. The first-order chi connectivity index (χ1) is 9.22. The molecular formula is C14H18N2O3. The molecule has 19 heavy (non-hydrogen) atoms. The van der Waals surface area contributed by atoms with Gasteiger partial charge in [0.1, 0.15) is 0 Å². The zero-order chi connectivity index (χ0) is 13.7. The zero-order valence-electron chi connectivity index (χ0n) is 10.9. The molecule has 2 N–H and O–H groups in total. The molecule has 0 radical (unpaired) electrons. The van der Waals surface area contributed by atoms with E-state index in [2.05, 4.69) is 10.6 Å². The molecule has 1 amide bonds. The summed E-state index contributed by atoms with van der Waals surface area (Å²) in [6.07, 6.45) is 1.78. The quantitative estimate of drug-likeness (QED) is 0.786. The Kier molecular flexibility index (Phi) is 4.52. The highest BCUT2D eigenvalue weighted by Gasteiger charge is 2.28. The number of benzene rings is 1. The normalized spacial score (nSPS) is 19.7. The van der Waals surface area contributed by atoms with Gasteiger partial charge in [0.25, 0.3) is 0 Å². The van der Waals surface area contributed by atoms with Crippen LogP contribution >= 0.6 is 0 Å². The Balaban J connectivity index is 2.10. The van der Waals surface area contributed by atoms with Gasteiger partial charge in [-0.1, -0.05) is 30.3 Å². The second-order valence-electron chi connectivity index (χ2n) is 4.52. The van der Waals surface area contributed by atoms with Crippen LogP contribution in [0, 0.1) is 0 Å². The number of carbonyl (C=O) groups is 2. The molecule has 102 valence electrons. The highest BCUT2D eigenvalue weighted by atomic mass is 16.5. The Bertz CT molecular complexity index is 441. The van der Waals surface area contributed by atoms with E-state index < -0.39 is 12.0 Å². The van der Waals surface area contributed by atoms with Crippen LogP contribution in [-0.2, 0) is 14.3 Å². The minimum atomic E-state index is -0.749. The van der Waals surface area contributed by atoms with Crippen molar-refractivity contribution in [2.75, 3.05) is 13.7 Å². The number of nitrogens with one attached hydrogen (secondary N) is 2. The number of hydrogen-bond acceptors (Lipinski definition) is 4. The highest BCUT2D eigenvalue weighted by molar-refractivity contribution is 5.88. The summed E-state index contributed by atoms with van der Waals surface area (Å²) in [7, 11) is 1.32. The summed E-state index contributed by atoms with van der Waals surface area (Å²) < 4.78 is 4.76. The highest BCUT2D eigenvalue weighted by Crippen LogP contribution is 2.15. The Morgan fingerprint density at radius 1 is 1.37 bits per heavy atom. The molecule has 0 saturated carbocycles. The first-order valence-corrected chi connectivity index (χ1v) is 6.39. The van der Waals surface area contributed by atoms with Crippen molar-refractivity contribution in [3.8, 4) is 0 Å². The molecule has 0 bridgehead atoms. The van der Waals surface area contributed by atoms with Crippen LogP contribution in [0.5, 0.6) is 0 Å². The molecule has 1 saturated heterocycles. The van der Waals surface area contributed by atoms with Gasteiger partial charge in [0.2, 0.25) is 5.91 Å². The number of ether oxygens (including phenoxy) is 1. The van der Waals surface area contributed by atoms with E-state index in [4.69, 9.17) is 4.74 Å². The fourth-order valence-corrected chi connectivity index (χ4v) is 2.19. The van der Waals surface area contributed by atoms with E-state index in [1.54, 1.807) is 12.1 Å². The summed E-state index contributed by atoms with van der Waals surface area (Å²) in [5, 5.41) is 5.86. The van der Waals surface area contributed by atoms with Crippen molar-refractivity contribution >= 4 is 11.9 Å². The van der Waals surface area contributed by atoms with Crippen LogP contribution in [0.25, 0.3) is 0 Å². The van der Waals surface area contributed by atoms with Crippen molar-refractivity contribution in [3.05, 3.63) is 35.9 Å². The van der Waals surface area contributed by atoms with Gasteiger partial charge < -0.3 is 15.4 Å². The van der Waals surface area contributed by atoms with Crippen LogP contribution < -0.4 is 10.6 Å². The second-order valence-corrected chi connectivity index (χ2v) is 4.52. The van der Waals surface area contributed by atoms with Crippen LogP contribution in [0.4, 0.5) is 0 Å². The summed E-state index contributed by atoms with van der Waals surface area (Å²) in [5.41, 5.74) is 0.723. The monoisotopic (exact) mass is 262 g/mol. The third kappa shape index (κ3) is 3.32. The number of amides is 1. The number of rotatable bonds is 4. The lowest BCUT2D eigenvalue weighted by molar-refractivity contribution is -0.145. The molecule has 5 heteroatoms. The fourth-order valence-electron chi connectivity index (χ4n) is 2.19. The van der Waals surface area contributed by atoms with E-state index in [0.717, 1.165) is 24.9 Å². The van der Waals surface area contributed by atoms with E-state index in [0.29, 0.717) is 0 Å². The largest absolute Gasteiger partial charge is 0.467 e. The minimum Gasteiger partial charge on any atom is -0.467 e. The van der Waals surface area contributed by atoms with Crippen molar-refractivity contribution in [3.63, 3.8) is 0 Å². The Morgan fingerprint density at radius 3 is 2.68 bits per heavy atom. The molecule has 1 aliphatic heterocycles. The lowest BCUT2D eigenvalue weighted by Crippen LogP contribution is -2.44. The van der Waals surface area contributed by atoms with Crippen LogP contribution in [0.3, 0.4) is 0 Å². The Hall–Kier alpha value is -1.88. The van der Waals surface area contributed by atoms with Crippen LogP contribution in [0.1, 0.15) is 24.4 Å². The Morgan fingerprint density at radius 2 is 2.11 bits per heavy atom. The first kappa shape index (κ1) is 13.5. The summed E-state index contributed by atoms with van der Waals surface area (Å²) in [6.45, 7) is 0.840. The number of methoxy groups -OCH3 is 1. The topological polar surface area (TPSA) is 67.4 Å². The lowest BCUT2D eigenvalue weighted by Gasteiger charge is -2.19. The van der Waals surface area contributed by atoms with Gasteiger partial charge in [0, 0.05) is 0 Å². The van der Waals surface area contributed by atoms with Gasteiger partial charge in [-0.15, -0.1) is 0 Å². The van der Waals surface area contributed by atoms with E-state index >= 15 is 0 Å². The van der Waals surface area contributed by atoms with E-state index in [-0.39, 0.29) is 11.9 Å². The fraction of sp³-hybridized carbons (Fsp3) is 0.429. The third-order valence-electron chi connectivity index (χ3n) is 3.23. The molecule has 1 fully saturated rings. The van der Waals surface area contributed by atoms with Gasteiger partial charge >= 0.3 is 5.97 Å². The Labute approximate surface area is 112 Å². The summed E-state index contributed by atoms with van der Waals surface area (Å²) >= 11 is 0. The van der Waals surface area contributed by atoms with Crippen molar-refractivity contribution in [1.29, 1.82) is 0 Å². The molecule has 0 spiro atoms. The van der Waals surface area contributed by atoms with Crippen LogP contribution in [-0.4, -0.2) is 31.6 Å². The summed E-state index contributed by atoms with van der Waals surface area (Å²) in [4.78, 5) is 23.9. The van der Waals surface area contributed by atoms with E-state index in [9.17, 15) is 9.59 Å². The average Bonchev–Trinajstić information content (AvgIpc) is 2.99. The van der Waals surface area contributed by atoms with Crippen LogP contribution in [0.15, 0.2) is 30.3 Å². The van der Waals surface area contributed by atoms with E-state index in [1.807, 2.05) is 18.2 Å². The predicted molar refractivity (Wildman–Crippen MR) is 70.4 cm³/mol. The maximum atomic E-state index is 12.1. The minimum absolute atomic E-state index is 0.156. The zero-order valence-corrected chi connectivity index (χ0v) is 10.9. The van der Waals surface area contributed by atoms with Gasteiger partial charge in [0.05, 0.1) is 13.2 Å². The number of hydrogen-bond donors (Lipinski definition) is 2. The predicted octanol–water partition coefficient (Wildman–Crippen LogP) is 0.769. The molecule has 0 aromatic heterocycles. The second kappa shape index (κ2) is 6.33. The summed E-state index contributed by atoms with van der Waals surface area (Å²) in [6, 6.07) is 8.14. The van der Waals surface area contributed by atoms with Crippen molar-refractivity contribution in [1.82, 2.24) is 10.6 Å². The summed E-state index contributed by atoms with van der Waals surface area (Å²) in [5.74, 6) is -0.616. The maximum Gasteiger partial charge on any atom is 0.333 e. The maximum absolute atomic E-state index is 12.1. The van der Waals surface area contributed by atoms with Gasteiger partial charge in [-0.05, 0) is 24.9 Å². The number of carbonyl (C=O) groups excluding carboxylic acids is 2. The lowest BCUT2D eigenvalue weighted by atomic mass is 10.1. The number of esters is 1. The molecule has 1 heterocycles. The van der Waals surface area contributed by atoms with Gasteiger partial charge in [-0.25, -0.2) is 4.79 Å². The van der Waals surface area contributed by atoms with Crippen molar-refractivity contribution < 1.29 is 14.3 Å². The molecule has 1 aromatic rings. The average molecular weight is 262 g/mol. The molecule has 2 atom stereocenters. The smallest absolute Gasteiger partial charge is 0.333 e. The van der Waals surface area contributed by atoms with Crippen LogP contribution in [0.2, 0.25) is 0 Å². The molecule has 1 aromatic carbocycles. The first-order valence-electron chi connectivity index (χ1n) is 6.39. The molecule has 5 nitrogen and oxygen atoms in total. The molecule has 0 aliphatic carbocycles. The van der Waals surface area contributed by atoms with Gasteiger partial charge in [-0.2, -0.15) is 0 Å². The van der Waals surface area contributed by atoms with E-state index in [1.165, 1.54) is 7.11 Å². The SMILES string of the molecule is COC(=O)C(NC(=O)[C@H]1CCCN1)c1ccccc1. The van der Waals surface area contributed by atoms with Gasteiger partial charge in [0.15, 0.2) is 6.04 Å².